The van der Waals surface area contributed by atoms with Gasteiger partial charge >= 0.3 is 5.97 Å². The standard InChI is InChI=1S/C10H11BrO2S/c1-6-4-7(6)5-13-10(12)8-2-3-9(11)14-8/h2-3,6-7H,4-5H2,1H3. The highest BCUT2D eigenvalue weighted by Crippen LogP contribution is 2.37. The van der Waals surface area contributed by atoms with Gasteiger partial charge in [0.25, 0.3) is 0 Å². The minimum atomic E-state index is -0.195. The van der Waals surface area contributed by atoms with Crippen molar-refractivity contribution in [1.82, 2.24) is 0 Å². The first-order valence-corrected chi connectivity index (χ1v) is 6.20. The zero-order valence-corrected chi connectivity index (χ0v) is 10.2. The van der Waals surface area contributed by atoms with Crippen molar-refractivity contribution in [2.45, 2.75) is 13.3 Å². The molecule has 0 N–H and O–H groups in total. The van der Waals surface area contributed by atoms with Gasteiger partial charge < -0.3 is 4.74 Å². The number of rotatable bonds is 3. The Balaban J connectivity index is 1.83. The molecule has 76 valence electrons. The predicted molar refractivity (Wildman–Crippen MR) is 59.6 cm³/mol. The van der Waals surface area contributed by atoms with E-state index < -0.39 is 0 Å². The van der Waals surface area contributed by atoms with Crippen LogP contribution in [0.4, 0.5) is 0 Å². The molecule has 0 saturated heterocycles. The third-order valence-corrected chi connectivity index (χ3v) is 4.08. The van der Waals surface area contributed by atoms with Crippen molar-refractivity contribution in [2.75, 3.05) is 6.61 Å². The fourth-order valence-corrected chi connectivity index (χ4v) is 2.59. The molecule has 0 bridgehead atoms. The van der Waals surface area contributed by atoms with E-state index in [9.17, 15) is 4.79 Å². The summed E-state index contributed by atoms with van der Waals surface area (Å²) in [6.45, 7) is 2.76. The molecule has 14 heavy (non-hydrogen) atoms. The largest absolute Gasteiger partial charge is 0.461 e. The molecule has 1 aliphatic carbocycles. The van der Waals surface area contributed by atoms with Crippen LogP contribution >= 0.6 is 27.3 Å². The van der Waals surface area contributed by atoms with Gasteiger partial charge in [-0.2, -0.15) is 0 Å². The molecular weight excluding hydrogens is 264 g/mol. The monoisotopic (exact) mass is 274 g/mol. The molecule has 1 aromatic heterocycles. The smallest absolute Gasteiger partial charge is 0.348 e. The Morgan fingerprint density at radius 1 is 1.71 bits per heavy atom. The quantitative estimate of drug-likeness (QED) is 0.791. The molecule has 1 heterocycles. The number of hydrogen-bond donors (Lipinski definition) is 0. The van der Waals surface area contributed by atoms with E-state index in [2.05, 4.69) is 22.9 Å². The minimum absolute atomic E-state index is 0.195. The highest BCUT2D eigenvalue weighted by molar-refractivity contribution is 9.11. The fourth-order valence-electron chi connectivity index (χ4n) is 1.31. The molecule has 1 aliphatic rings. The van der Waals surface area contributed by atoms with Crippen molar-refractivity contribution in [1.29, 1.82) is 0 Å². The lowest BCUT2D eigenvalue weighted by Crippen LogP contribution is -2.06. The summed E-state index contributed by atoms with van der Waals surface area (Å²) in [5, 5.41) is 0. The second-order valence-electron chi connectivity index (χ2n) is 3.68. The van der Waals surface area contributed by atoms with Crippen LogP contribution in [-0.4, -0.2) is 12.6 Å². The van der Waals surface area contributed by atoms with E-state index in [-0.39, 0.29) is 5.97 Å². The summed E-state index contributed by atoms with van der Waals surface area (Å²) >= 11 is 4.72. The van der Waals surface area contributed by atoms with Crippen molar-refractivity contribution in [2.24, 2.45) is 11.8 Å². The van der Waals surface area contributed by atoms with Crippen molar-refractivity contribution in [3.05, 3.63) is 20.8 Å². The number of esters is 1. The maximum Gasteiger partial charge on any atom is 0.348 e. The van der Waals surface area contributed by atoms with E-state index in [1.807, 2.05) is 6.07 Å². The Bertz CT molecular complexity index is 348. The first-order valence-electron chi connectivity index (χ1n) is 4.59. The van der Waals surface area contributed by atoms with E-state index in [1.165, 1.54) is 17.8 Å². The number of ether oxygens (including phenoxy) is 1. The summed E-state index contributed by atoms with van der Waals surface area (Å²) in [4.78, 5) is 12.1. The van der Waals surface area contributed by atoms with E-state index in [1.54, 1.807) is 6.07 Å². The summed E-state index contributed by atoms with van der Waals surface area (Å²) in [5.41, 5.74) is 0. The van der Waals surface area contributed by atoms with Crippen molar-refractivity contribution >= 4 is 33.2 Å². The number of carbonyl (C=O) groups is 1. The highest BCUT2D eigenvalue weighted by atomic mass is 79.9. The van der Waals surface area contributed by atoms with Crippen molar-refractivity contribution < 1.29 is 9.53 Å². The number of hydrogen-bond acceptors (Lipinski definition) is 3. The highest BCUT2D eigenvalue weighted by Gasteiger charge is 2.33. The van der Waals surface area contributed by atoms with Crippen LogP contribution in [0, 0.1) is 11.8 Å². The molecule has 0 aromatic carbocycles. The molecule has 1 saturated carbocycles. The molecule has 1 aromatic rings. The molecule has 2 rings (SSSR count). The second kappa shape index (κ2) is 4.03. The van der Waals surface area contributed by atoms with Gasteiger partial charge in [0, 0.05) is 0 Å². The Morgan fingerprint density at radius 2 is 2.43 bits per heavy atom. The zero-order valence-electron chi connectivity index (χ0n) is 7.83. The maximum absolute atomic E-state index is 11.5. The molecule has 2 nitrogen and oxygen atoms in total. The molecule has 1 fully saturated rings. The van der Waals surface area contributed by atoms with Crippen LogP contribution in [0.5, 0.6) is 0 Å². The molecule has 0 radical (unpaired) electrons. The third-order valence-electron chi connectivity index (χ3n) is 2.48. The van der Waals surface area contributed by atoms with Crippen LogP contribution in [0.25, 0.3) is 0 Å². The van der Waals surface area contributed by atoms with E-state index in [4.69, 9.17) is 4.74 Å². The Morgan fingerprint density at radius 3 is 2.93 bits per heavy atom. The second-order valence-corrected chi connectivity index (χ2v) is 6.14. The Hall–Kier alpha value is -0.350. The normalized spacial score (nSPS) is 24.7. The average molecular weight is 275 g/mol. The Labute approximate surface area is 95.4 Å². The van der Waals surface area contributed by atoms with Gasteiger partial charge in [-0.05, 0) is 46.3 Å². The van der Waals surface area contributed by atoms with E-state index in [0.717, 1.165) is 9.70 Å². The molecule has 0 spiro atoms. The molecular formula is C10H11BrO2S. The summed E-state index contributed by atoms with van der Waals surface area (Å²) in [6.07, 6.45) is 1.20. The fraction of sp³-hybridized carbons (Fsp3) is 0.500. The Kier molecular flexibility index (Phi) is 2.93. The van der Waals surface area contributed by atoms with E-state index >= 15 is 0 Å². The SMILES string of the molecule is CC1CC1COC(=O)c1ccc(Br)s1. The summed E-state index contributed by atoms with van der Waals surface area (Å²) < 4.78 is 6.15. The van der Waals surface area contributed by atoms with Crippen molar-refractivity contribution in [3.8, 4) is 0 Å². The number of halogens is 1. The summed E-state index contributed by atoms with van der Waals surface area (Å²) in [6, 6.07) is 3.65. The van der Waals surface area contributed by atoms with Gasteiger partial charge in [-0.15, -0.1) is 11.3 Å². The van der Waals surface area contributed by atoms with Crippen LogP contribution in [0.2, 0.25) is 0 Å². The van der Waals surface area contributed by atoms with Crippen LogP contribution in [0.15, 0.2) is 15.9 Å². The van der Waals surface area contributed by atoms with Gasteiger partial charge in [0.1, 0.15) is 4.88 Å². The maximum atomic E-state index is 11.5. The van der Waals surface area contributed by atoms with Gasteiger partial charge in [0.05, 0.1) is 10.4 Å². The first-order chi connectivity index (χ1) is 6.66. The van der Waals surface area contributed by atoms with E-state index in [0.29, 0.717) is 17.4 Å². The molecule has 2 atom stereocenters. The molecule has 0 aliphatic heterocycles. The van der Waals surface area contributed by atoms with Crippen LogP contribution in [0.1, 0.15) is 23.0 Å². The van der Waals surface area contributed by atoms with Gasteiger partial charge in [-0.3, -0.25) is 0 Å². The lowest BCUT2D eigenvalue weighted by molar-refractivity contribution is 0.0487. The van der Waals surface area contributed by atoms with Gasteiger partial charge in [-0.25, -0.2) is 4.79 Å². The molecule has 2 unspecified atom stereocenters. The van der Waals surface area contributed by atoms with Gasteiger partial charge in [-0.1, -0.05) is 6.92 Å². The van der Waals surface area contributed by atoms with Crippen LogP contribution in [-0.2, 0) is 4.74 Å². The lowest BCUT2D eigenvalue weighted by Gasteiger charge is -2.00. The van der Waals surface area contributed by atoms with Gasteiger partial charge in [0.2, 0.25) is 0 Å². The third kappa shape index (κ3) is 2.36. The van der Waals surface area contributed by atoms with Crippen molar-refractivity contribution in [3.63, 3.8) is 0 Å². The molecule has 0 amide bonds. The lowest BCUT2D eigenvalue weighted by atomic mass is 10.4. The van der Waals surface area contributed by atoms with Crippen LogP contribution < -0.4 is 0 Å². The zero-order chi connectivity index (χ0) is 10.1. The van der Waals surface area contributed by atoms with Crippen LogP contribution in [0.3, 0.4) is 0 Å². The summed E-state index contributed by atoms with van der Waals surface area (Å²) in [5.74, 6) is 1.14. The molecule has 4 heteroatoms. The number of thiophene rings is 1. The van der Waals surface area contributed by atoms with Gasteiger partial charge in [0.15, 0.2) is 0 Å². The average Bonchev–Trinajstić information content (AvgIpc) is 2.66. The minimum Gasteiger partial charge on any atom is -0.461 e. The number of carbonyl (C=O) groups excluding carboxylic acids is 1. The predicted octanol–water partition coefficient (Wildman–Crippen LogP) is 3.32. The topological polar surface area (TPSA) is 26.3 Å². The summed E-state index contributed by atoms with van der Waals surface area (Å²) in [7, 11) is 0. The first kappa shape index (κ1) is 10.2.